The van der Waals surface area contributed by atoms with Gasteiger partial charge in [0.1, 0.15) is 5.75 Å². The van der Waals surface area contributed by atoms with Crippen LogP contribution in [0.25, 0.3) is 0 Å². The molecule has 0 aromatic heterocycles. The molecule has 5 nitrogen and oxygen atoms in total. The molecule has 0 saturated carbocycles. The normalized spacial score (nSPS) is 12.5. The van der Waals surface area contributed by atoms with E-state index in [-0.39, 0.29) is 4.90 Å². The van der Waals surface area contributed by atoms with Crippen LogP contribution in [0.4, 0.5) is 11.4 Å². The van der Waals surface area contributed by atoms with E-state index in [9.17, 15) is 8.42 Å². The average molecular weight is 362 g/mol. The second-order valence-corrected chi connectivity index (χ2v) is 7.87. The molecular weight excluding hydrogens is 336 g/mol. The summed E-state index contributed by atoms with van der Waals surface area (Å²) in [4.78, 5) is 0.257. The highest BCUT2D eigenvalue weighted by atomic mass is 32.2. The molecule has 136 valence electrons. The molecule has 0 spiro atoms. The van der Waals surface area contributed by atoms with E-state index in [0.717, 1.165) is 17.7 Å². The van der Waals surface area contributed by atoms with Crippen molar-refractivity contribution in [2.24, 2.45) is 0 Å². The highest BCUT2D eigenvalue weighted by Crippen LogP contribution is 2.27. The van der Waals surface area contributed by atoms with Gasteiger partial charge in [0.15, 0.2) is 0 Å². The summed E-state index contributed by atoms with van der Waals surface area (Å²) in [5.74, 6) is 0.678. The van der Waals surface area contributed by atoms with Gasteiger partial charge in [0.2, 0.25) is 0 Å². The second-order valence-electron chi connectivity index (χ2n) is 6.22. The molecule has 2 aromatic rings. The van der Waals surface area contributed by atoms with Crippen LogP contribution >= 0.6 is 0 Å². The number of aryl methyl sites for hydroxylation is 2. The van der Waals surface area contributed by atoms with Crippen molar-refractivity contribution >= 4 is 21.4 Å². The first-order chi connectivity index (χ1) is 11.8. The van der Waals surface area contributed by atoms with Gasteiger partial charge in [-0.15, -0.1) is 0 Å². The van der Waals surface area contributed by atoms with Crippen LogP contribution in [0, 0.1) is 13.8 Å². The van der Waals surface area contributed by atoms with Crippen LogP contribution in [-0.4, -0.2) is 21.6 Å². The molecular formula is C19H26N2O3S. The molecule has 2 aromatic carbocycles. The summed E-state index contributed by atoms with van der Waals surface area (Å²) in [5, 5.41) is 3.35. The van der Waals surface area contributed by atoms with E-state index in [1.165, 1.54) is 0 Å². The fourth-order valence-corrected chi connectivity index (χ4v) is 3.87. The van der Waals surface area contributed by atoms with Gasteiger partial charge < -0.3 is 10.1 Å². The Hall–Kier alpha value is -2.21. The summed E-state index contributed by atoms with van der Waals surface area (Å²) < 4.78 is 33.3. The number of ether oxygens (including phenoxy) is 1. The zero-order valence-corrected chi connectivity index (χ0v) is 16.2. The smallest absolute Gasteiger partial charge is 0.262 e. The third-order valence-corrected chi connectivity index (χ3v) is 5.67. The molecule has 0 aliphatic carbocycles. The Morgan fingerprint density at radius 2 is 1.64 bits per heavy atom. The number of benzene rings is 2. The molecule has 1 unspecified atom stereocenters. The number of anilines is 2. The van der Waals surface area contributed by atoms with Gasteiger partial charge in [0.25, 0.3) is 10.0 Å². The van der Waals surface area contributed by atoms with Gasteiger partial charge in [0, 0.05) is 17.4 Å². The van der Waals surface area contributed by atoms with Crippen LogP contribution < -0.4 is 14.8 Å². The predicted molar refractivity (Wildman–Crippen MR) is 103 cm³/mol. The van der Waals surface area contributed by atoms with Crippen LogP contribution in [0.2, 0.25) is 0 Å². The van der Waals surface area contributed by atoms with E-state index >= 15 is 0 Å². The fourth-order valence-electron chi connectivity index (χ4n) is 2.50. The van der Waals surface area contributed by atoms with Gasteiger partial charge in [-0.2, -0.15) is 0 Å². The summed E-state index contributed by atoms with van der Waals surface area (Å²) in [5.41, 5.74) is 2.92. The summed E-state index contributed by atoms with van der Waals surface area (Å²) in [6.45, 7) is 7.80. The summed E-state index contributed by atoms with van der Waals surface area (Å²) in [6, 6.07) is 11.0. The van der Waals surface area contributed by atoms with Gasteiger partial charge in [-0.3, -0.25) is 4.72 Å². The first kappa shape index (κ1) is 19.1. The Bertz CT molecular complexity index is 830. The lowest BCUT2D eigenvalue weighted by molar-refractivity contribution is 0.411. The van der Waals surface area contributed by atoms with Crippen molar-refractivity contribution in [3.05, 3.63) is 47.5 Å². The number of rotatable bonds is 7. The lowest BCUT2D eigenvalue weighted by Gasteiger charge is -2.15. The standard InChI is InChI=1S/C19H26N2O3S/c1-6-15(4)20-16-7-9-17(10-8-16)21-25(22,23)19-12-13(2)18(24-5)11-14(19)3/h7-12,15,20-21H,6H2,1-5H3. The minimum absolute atomic E-state index is 0.257. The quantitative estimate of drug-likeness (QED) is 0.769. The number of hydrogen-bond donors (Lipinski definition) is 2. The molecule has 0 aliphatic rings. The van der Waals surface area contributed by atoms with Crippen LogP contribution in [0.1, 0.15) is 31.4 Å². The van der Waals surface area contributed by atoms with E-state index in [0.29, 0.717) is 23.0 Å². The second kappa shape index (κ2) is 7.78. The molecule has 0 amide bonds. The average Bonchev–Trinajstić information content (AvgIpc) is 2.57. The summed E-state index contributed by atoms with van der Waals surface area (Å²) >= 11 is 0. The van der Waals surface area contributed by atoms with E-state index in [2.05, 4.69) is 23.9 Å². The molecule has 0 radical (unpaired) electrons. The van der Waals surface area contributed by atoms with Crippen molar-refractivity contribution in [1.82, 2.24) is 0 Å². The fraction of sp³-hybridized carbons (Fsp3) is 0.368. The molecule has 0 heterocycles. The van der Waals surface area contributed by atoms with Gasteiger partial charge in [-0.1, -0.05) is 6.92 Å². The lowest BCUT2D eigenvalue weighted by atomic mass is 10.1. The Labute approximate surface area is 150 Å². The van der Waals surface area contributed by atoms with E-state index in [1.807, 2.05) is 19.1 Å². The van der Waals surface area contributed by atoms with Gasteiger partial charge in [-0.25, -0.2) is 8.42 Å². The van der Waals surface area contributed by atoms with Crippen LogP contribution in [-0.2, 0) is 10.0 Å². The van der Waals surface area contributed by atoms with Crippen molar-refractivity contribution in [3.63, 3.8) is 0 Å². The van der Waals surface area contributed by atoms with Gasteiger partial charge in [0.05, 0.1) is 12.0 Å². The Kier molecular flexibility index (Phi) is 5.95. The molecule has 0 bridgehead atoms. The van der Waals surface area contributed by atoms with E-state index in [4.69, 9.17) is 4.74 Å². The monoisotopic (exact) mass is 362 g/mol. The number of hydrogen-bond acceptors (Lipinski definition) is 4. The first-order valence-corrected chi connectivity index (χ1v) is 9.79. The van der Waals surface area contributed by atoms with Crippen LogP contribution in [0.3, 0.4) is 0 Å². The molecule has 0 fully saturated rings. The predicted octanol–water partition coefficient (Wildman–Crippen LogP) is 4.32. The minimum atomic E-state index is -3.66. The van der Waals surface area contributed by atoms with Gasteiger partial charge >= 0.3 is 0 Å². The van der Waals surface area contributed by atoms with Crippen molar-refractivity contribution < 1.29 is 13.2 Å². The zero-order valence-electron chi connectivity index (χ0n) is 15.4. The Morgan fingerprint density at radius 3 is 2.20 bits per heavy atom. The van der Waals surface area contributed by atoms with Crippen molar-refractivity contribution in [2.75, 3.05) is 17.1 Å². The topological polar surface area (TPSA) is 67.4 Å². The molecule has 0 aliphatic heterocycles. The Morgan fingerprint density at radius 1 is 1.04 bits per heavy atom. The molecule has 1 atom stereocenters. The third kappa shape index (κ3) is 4.66. The molecule has 2 rings (SSSR count). The lowest BCUT2D eigenvalue weighted by Crippen LogP contribution is -2.15. The summed E-state index contributed by atoms with van der Waals surface area (Å²) in [6.07, 6.45) is 1.02. The SMILES string of the molecule is CCC(C)Nc1ccc(NS(=O)(=O)c2cc(C)c(OC)cc2C)cc1. The zero-order chi connectivity index (χ0) is 18.6. The first-order valence-electron chi connectivity index (χ1n) is 8.31. The molecule has 2 N–H and O–H groups in total. The van der Waals surface area contributed by atoms with E-state index in [1.54, 1.807) is 38.3 Å². The molecule has 0 saturated heterocycles. The maximum atomic E-state index is 12.7. The van der Waals surface area contributed by atoms with Crippen molar-refractivity contribution in [3.8, 4) is 5.75 Å². The maximum absolute atomic E-state index is 12.7. The van der Waals surface area contributed by atoms with Crippen LogP contribution in [0.15, 0.2) is 41.3 Å². The van der Waals surface area contributed by atoms with Crippen LogP contribution in [0.5, 0.6) is 5.75 Å². The number of sulfonamides is 1. The molecule has 6 heteroatoms. The number of nitrogens with one attached hydrogen (secondary N) is 2. The highest BCUT2D eigenvalue weighted by Gasteiger charge is 2.19. The minimum Gasteiger partial charge on any atom is -0.496 e. The number of methoxy groups -OCH3 is 1. The third-order valence-electron chi connectivity index (χ3n) is 4.14. The van der Waals surface area contributed by atoms with Crippen molar-refractivity contribution in [2.45, 2.75) is 45.1 Å². The van der Waals surface area contributed by atoms with E-state index < -0.39 is 10.0 Å². The summed E-state index contributed by atoms with van der Waals surface area (Å²) in [7, 11) is -2.09. The Balaban J connectivity index is 2.23. The molecule has 25 heavy (non-hydrogen) atoms. The van der Waals surface area contributed by atoms with Gasteiger partial charge in [-0.05, 0) is 74.7 Å². The maximum Gasteiger partial charge on any atom is 0.262 e. The largest absolute Gasteiger partial charge is 0.496 e. The highest BCUT2D eigenvalue weighted by molar-refractivity contribution is 7.92. The van der Waals surface area contributed by atoms with Crippen molar-refractivity contribution in [1.29, 1.82) is 0 Å².